The van der Waals surface area contributed by atoms with Gasteiger partial charge in [-0.3, -0.25) is 0 Å². The van der Waals surface area contributed by atoms with Gasteiger partial charge < -0.3 is 16.2 Å². The topological polar surface area (TPSA) is 58.3 Å². The summed E-state index contributed by atoms with van der Waals surface area (Å²) in [5.74, 6) is 0.992. The summed E-state index contributed by atoms with van der Waals surface area (Å²) in [6.45, 7) is 1.17. The molecule has 1 aromatic carbocycles. The van der Waals surface area contributed by atoms with E-state index in [1.807, 2.05) is 12.1 Å². The fourth-order valence-corrected chi connectivity index (χ4v) is 2.74. The van der Waals surface area contributed by atoms with E-state index in [0.29, 0.717) is 29.2 Å². The minimum Gasteiger partial charge on any atom is -0.397 e. The number of anilines is 2. The van der Waals surface area contributed by atoms with Gasteiger partial charge in [-0.2, -0.15) is 0 Å². The number of nitrogen functional groups attached to an aromatic ring is 1. The zero-order valence-electron chi connectivity index (χ0n) is 9.82. The van der Waals surface area contributed by atoms with Gasteiger partial charge in [0, 0.05) is 18.2 Å². The van der Waals surface area contributed by atoms with Crippen LogP contribution in [0.3, 0.4) is 0 Å². The van der Waals surface area contributed by atoms with Crippen LogP contribution in [0.1, 0.15) is 19.3 Å². The SMILES string of the molecule is Nc1cc(Cl)ccc1NCC1CCCC1CO. The first-order valence-electron chi connectivity index (χ1n) is 6.10. The first kappa shape index (κ1) is 12.5. The normalized spacial score (nSPS) is 23.9. The Kier molecular flexibility index (Phi) is 4.13. The number of benzene rings is 1. The lowest BCUT2D eigenvalue weighted by atomic mass is 9.97. The Morgan fingerprint density at radius 3 is 2.82 bits per heavy atom. The summed E-state index contributed by atoms with van der Waals surface area (Å²) >= 11 is 5.85. The first-order valence-corrected chi connectivity index (χ1v) is 6.48. The van der Waals surface area contributed by atoms with Crippen LogP contribution in [0.15, 0.2) is 18.2 Å². The van der Waals surface area contributed by atoms with Gasteiger partial charge in [0.2, 0.25) is 0 Å². The number of halogens is 1. The maximum absolute atomic E-state index is 9.25. The predicted molar refractivity (Wildman–Crippen MR) is 72.3 cm³/mol. The van der Waals surface area contributed by atoms with Gasteiger partial charge in [0.15, 0.2) is 0 Å². The highest BCUT2D eigenvalue weighted by atomic mass is 35.5. The summed E-state index contributed by atoms with van der Waals surface area (Å²) in [4.78, 5) is 0. The molecule has 2 rings (SSSR count). The summed E-state index contributed by atoms with van der Waals surface area (Å²) in [6, 6.07) is 5.49. The predicted octanol–water partition coefficient (Wildman–Crippen LogP) is 2.74. The highest BCUT2D eigenvalue weighted by molar-refractivity contribution is 6.31. The van der Waals surface area contributed by atoms with Crippen LogP contribution in [0.4, 0.5) is 11.4 Å². The van der Waals surface area contributed by atoms with Crippen LogP contribution in [0.5, 0.6) is 0 Å². The van der Waals surface area contributed by atoms with Gasteiger partial charge in [-0.25, -0.2) is 0 Å². The minimum atomic E-state index is 0.294. The van der Waals surface area contributed by atoms with Crippen LogP contribution in [0.2, 0.25) is 5.02 Å². The molecule has 1 aromatic rings. The molecule has 1 fully saturated rings. The van der Waals surface area contributed by atoms with Crippen molar-refractivity contribution in [3.63, 3.8) is 0 Å². The number of nitrogens with one attached hydrogen (secondary N) is 1. The summed E-state index contributed by atoms with van der Waals surface area (Å²) in [6.07, 6.45) is 3.54. The van der Waals surface area contributed by atoms with Crippen molar-refractivity contribution in [3.05, 3.63) is 23.2 Å². The van der Waals surface area contributed by atoms with Crippen molar-refractivity contribution >= 4 is 23.0 Å². The van der Waals surface area contributed by atoms with E-state index in [2.05, 4.69) is 5.32 Å². The number of hydrogen-bond donors (Lipinski definition) is 3. The van der Waals surface area contributed by atoms with Crippen molar-refractivity contribution in [1.29, 1.82) is 0 Å². The Bertz CT molecular complexity index is 384. The van der Waals surface area contributed by atoms with Crippen LogP contribution in [-0.4, -0.2) is 18.3 Å². The van der Waals surface area contributed by atoms with E-state index in [0.717, 1.165) is 18.7 Å². The van der Waals surface area contributed by atoms with Gasteiger partial charge >= 0.3 is 0 Å². The Labute approximate surface area is 107 Å². The van der Waals surface area contributed by atoms with E-state index in [1.54, 1.807) is 6.07 Å². The lowest BCUT2D eigenvalue weighted by Crippen LogP contribution is -2.21. The standard InChI is InChI=1S/C13H19ClN2O/c14-11-4-5-13(12(15)6-11)16-7-9-2-1-3-10(9)8-17/h4-6,9-10,16-17H,1-3,7-8,15H2. The molecule has 17 heavy (non-hydrogen) atoms. The summed E-state index contributed by atoms with van der Waals surface area (Å²) in [5, 5.41) is 13.3. The maximum atomic E-state index is 9.25. The maximum Gasteiger partial charge on any atom is 0.0575 e. The average Bonchev–Trinajstić information content (AvgIpc) is 2.75. The van der Waals surface area contributed by atoms with Crippen LogP contribution in [-0.2, 0) is 0 Å². The quantitative estimate of drug-likeness (QED) is 0.724. The molecule has 1 aliphatic rings. The first-order chi connectivity index (χ1) is 8.20. The molecular weight excluding hydrogens is 236 g/mol. The number of aliphatic hydroxyl groups is 1. The van der Waals surface area contributed by atoms with Crippen molar-refractivity contribution in [2.24, 2.45) is 11.8 Å². The molecule has 0 heterocycles. The van der Waals surface area contributed by atoms with E-state index in [-0.39, 0.29) is 0 Å². The van der Waals surface area contributed by atoms with E-state index in [4.69, 9.17) is 17.3 Å². The smallest absolute Gasteiger partial charge is 0.0575 e. The molecule has 4 N–H and O–H groups in total. The lowest BCUT2D eigenvalue weighted by molar-refractivity contribution is 0.199. The Hall–Kier alpha value is -0.930. The average molecular weight is 255 g/mol. The Balaban J connectivity index is 1.93. The number of nitrogens with two attached hydrogens (primary N) is 1. The molecule has 0 saturated heterocycles. The highest BCUT2D eigenvalue weighted by Crippen LogP contribution is 2.32. The second kappa shape index (κ2) is 5.61. The molecular formula is C13H19ClN2O. The van der Waals surface area contributed by atoms with Crippen LogP contribution < -0.4 is 11.1 Å². The second-order valence-corrected chi connectivity index (χ2v) is 5.18. The fraction of sp³-hybridized carbons (Fsp3) is 0.538. The molecule has 0 radical (unpaired) electrons. The van der Waals surface area contributed by atoms with E-state index < -0.39 is 0 Å². The van der Waals surface area contributed by atoms with Gasteiger partial charge in [0.25, 0.3) is 0 Å². The van der Waals surface area contributed by atoms with Crippen molar-refractivity contribution in [3.8, 4) is 0 Å². The van der Waals surface area contributed by atoms with E-state index >= 15 is 0 Å². The number of rotatable bonds is 4. The van der Waals surface area contributed by atoms with Gasteiger partial charge in [-0.1, -0.05) is 18.0 Å². The monoisotopic (exact) mass is 254 g/mol. The molecule has 2 unspecified atom stereocenters. The molecule has 4 heteroatoms. The molecule has 1 aliphatic carbocycles. The van der Waals surface area contributed by atoms with Crippen molar-refractivity contribution < 1.29 is 5.11 Å². The Morgan fingerprint density at radius 2 is 2.12 bits per heavy atom. The largest absolute Gasteiger partial charge is 0.397 e. The fourth-order valence-electron chi connectivity index (χ4n) is 2.56. The van der Waals surface area contributed by atoms with Crippen molar-refractivity contribution in [1.82, 2.24) is 0 Å². The third-order valence-corrected chi connectivity index (χ3v) is 3.85. The van der Waals surface area contributed by atoms with Crippen LogP contribution in [0.25, 0.3) is 0 Å². The van der Waals surface area contributed by atoms with Crippen LogP contribution in [0, 0.1) is 11.8 Å². The highest BCUT2D eigenvalue weighted by Gasteiger charge is 2.26. The van der Waals surface area contributed by atoms with Gasteiger partial charge in [0.1, 0.15) is 0 Å². The molecule has 0 aliphatic heterocycles. The zero-order chi connectivity index (χ0) is 12.3. The second-order valence-electron chi connectivity index (χ2n) is 4.75. The van der Waals surface area contributed by atoms with Crippen LogP contribution >= 0.6 is 11.6 Å². The molecule has 94 valence electrons. The molecule has 0 bridgehead atoms. The van der Waals surface area contributed by atoms with Crippen molar-refractivity contribution in [2.45, 2.75) is 19.3 Å². The van der Waals surface area contributed by atoms with Gasteiger partial charge in [0.05, 0.1) is 11.4 Å². The summed E-state index contributed by atoms with van der Waals surface area (Å²) < 4.78 is 0. The summed E-state index contributed by atoms with van der Waals surface area (Å²) in [7, 11) is 0. The van der Waals surface area contributed by atoms with Gasteiger partial charge in [-0.05, 0) is 42.9 Å². The zero-order valence-corrected chi connectivity index (χ0v) is 10.6. The van der Waals surface area contributed by atoms with Gasteiger partial charge in [-0.15, -0.1) is 0 Å². The van der Waals surface area contributed by atoms with E-state index in [9.17, 15) is 5.11 Å². The molecule has 2 atom stereocenters. The van der Waals surface area contributed by atoms with E-state index in [1.165, 1.54) is 12.8 Å². The number of hydrogen-bond acceptors (Lipinski definition) is 3. The Morgan fingerprint density at radius 1 is 1.35 bits per heavy atom. The molecule has 0 aromatic heterocycles. The molecule has 0 amide bonds. The molecule has 1 saturated carbocycles. The summed E-state index contributed by atoms with van der Waals surface area (Å²) in [5.41, 5.74) is 7.48. The lowest BCUT2D eigenvalue weighted by Gasteiger charge is -2.19. The third-order valence-electron chi connectivity index (χ3n) is 3.62. The molecule has 3 nitrogen and oxygen atoms in total. The van der Waals surface area contributed by atoms with Crippen molar-refractivity contribution in [2.75, 3.05) is 24.2 Å². The minimum absolute atomic E-state index is 0.294. The number of aliphatic hydroxyl groups excluding tert-OH is 1. The third kappa shape index (κ3) is 3.05. The molecule has 0 spiro atoms.